The van der Waals surface area contributed by atoms with Gasteiger partial charge in [-0.1, -0.05) is 13.8 Å². The molecule has 0 aliphatic carbocycles. The highest BCUT2D eigenvalue weighted by Gasteiger charge is 2.22. The number of aromatic nitrogens is 2. The molecular formula is C16H29N5. The quantitative estimate of drug-likeness (QED) is 0.872. The summed E-state index contributed by atoms with van der Waals surface area (Å²) in [4.78, 5) is 14.0. The highest BCUT2D eigenvalue weighted by molar-refractivity contribution is 5.49. The Hall–Kier alpha value is -1.36. The summed E-state index contributed by atoms with van der Waals surface area (Å²) in [5, 5.41) is 3.39. The van der Waals surface area contributed by atoms with Crippen molar-refractivity contribution in [3.63, 3.8) is 0 Å². The van der Waals surface area contributed by atoms with Gasteiger partial charge in [0.25, 0.3) is 0 Å². The molecule has 2 rings (SSSR count). The van der Waals surface area contributed by atoms with Crippen molar-refractivity contribution in [2.24, 2.45) is 0 Å². The van der Waals surface area contributed by atoms with Crippen LogP contribution >= 0.6 is 0 Å². The summed E-state index contributed by atoms with van der Waals surface area (Å²) >= 11 is 0. The van der Waals surface area contributed by atoms with E-state index in [1.165, 1.54) is 25.9 Å². The van der Waals surface area contributed by atoms with Crippen molar-refractivity contribution in [3.05, 3.63) is 11.9 Å². The molecule has 1 saturated heterocycles. The molecule has 0 bridgehead atoms. The third-order valence-electron chi connectivity index (χ3n) is 4.23. The van der Waals surface area contributed by atoms with Gasteiger partial charge in [-0.25, -0.2) is 9.97 Å². The molecule has 0 saturated carbocycles. The fourth-order valence-electron chi connectivity index (χ4n) is 2.73. The SMILES string of the molecule is CCCNc1cc(N(C)C2CCN(C)CC2)nc(CC)n1. The van der Waals surface area contributed by atoms with Crippen molar-refractivity contribution in [1.29, 1.82) is 0 Å². The Morgan fingerprint density at radius 2 is 2.00 bits per heavy atom. The van der Waals surface area contributed by atoms with Crippen LogP contribution in [0.15, 0.2) is 6.07 Å². The summed E-state index contributed by atoms with van der Waals surface area (Å²) in [5.41, 5.74) is 0. The number of aryl methyl sites for hydroxylation is 1. The fourth-order valence-corrected chi connectivity index (χ4v) is 2.73. The van der Waals surface area contributed by atoms with Crippen LogP contribution in [0.4, 0.5) is 11.6 Å². The minimum Gasteiger partial charge on any atom is -0.370 e. The van der Waals surface area contributed by atoms with E-state index in [0.29, 0.717) is 6.04 Å². The molecule has 1 aliphatic rings. The van der Waals surface area contributed by atoms with Gasteiger partial charge >= 0.3 is 0 Å². The lowest BCUT2D eigenvalue weighted by atomic mass is 10.0. The van der Waals surface area contributed by atoms with Crippen LogP contribution in [0.1, 0.15) is 38.9 Å². The summed E-state index contributed by atoms with van der Waals surface area (Å²) in [6, 6.07) is 2.67. The predicted molar refractivity (Wildman–Crippen MR) is 89.1 cm³/mol. The molecule has 1 aromatic rings. The monoisotopic (exact) mass is 291 g/mol. The van der Waals surface area contributed by atoms with Crippen molar-refractivity contribution >= 4 is 11.6 Å². The molecular weight excluding hydrogens is 262 g/mol. The molecule has 1 aromatic heterocycles. The molecule has 1 N–H and O–H groups in total. The molecule has 0 atom stereocenters. The molecule has 0 aromatic carbocycles. The second kappa shape index (κ2) is 7.59. The van der Waals surface area contributed by atoms with E-state index in [-0.39, 0.29) is 0 Å². The van der Waals surface area contributed by atoms with E-state index < -0.39 is 0 Å². The van der Waals surface area contributed by atoms with Gasteiger partial charge < -0.3 is 15.1 Å². The van der Waals surface area contributed by atoms with Crippen molar-refractivity contribution < 1.29 is 0 Å². The maximum atomic E-state index is 4.72. The van der Waals surface area contributed by atoms with Crippen LogP contribution in [0.5, 0.6) is 0 Å². The third-order valence-corrected chi connectivity index (χ3v) is 4.23. The number of hydrogen-bond acceptors (Lipinski definition) is 5. The fraction of sp³-hybridized carbons (Fsp3) is 0.750. The summed E-state index contributed by atoms with van der Waals surface area (Å²) < 4.78 is 0. The number of anilines is 2. The van der Waals surface area contributed by atoms with Crippen LogP contribution in [0.3, 0.4) is 0 Å². The first-order chi connectivity index (χ1) is 10.1. The second-order valence-corrected chi connectivity index (χ2v) is 5.95. The summed E-state index contributed by atoms with van der Waals surface area (Å²) in [6.07, 6.45) is 4.38. The summed E-state index contributed by atoms with van der Waals surface area (Å²) in [7, 11) is 4.37. The van der Waals surface area contributed by atoms with Crippen molar-refractivity contribution in [2.75, 3.05) is 43.9 Å². The van der Waals surface area contributed by atoms with Crippen LogP contribution in [0.2, 0.25) is 0 Å². The van der Waals surface area contributed by atoms with E-state index in [1.54, 1.807) is 0 Å². The van der Waals surface area contributed by atoms with Gasteiger partial charge in [0.15, 0.2) is 0 Å². The second-order valence-electron chi connectivity index (χ2n) is 5.95. The van der Waals surface area contributed by atoms with Gasteiger partial charge in [-0.15, -0.1) is 0 Å². The van der Waals surface area contributed by atoms with Gasteiger partial charge in [-0.05, 0) is 39.4 Å². The minimum absolute atomic E-state index is 0.583. The molecule has 5 heteroatoms. The smallest absolute Gasteiger partial charge is 0.134 e. The molecule has 1 fully saturated rings. The van der Waals surface area contributed by atoms with E-state index in [4.69, 9.17) is 4.98 Å². The van der Waals surface area contributed by atoms with Gasteiger partial charge in [-0.2, -0.15) is 0 Å². The predicted octanol–water partition coefficient (Wildman–Crippen LogP) is 2.39. The van der Waals surface area contributed by atoms with E-state index in [9.17, 15) is 0 Å². The zero-order valence-electron chi connectivity index (χ0n) is 13.9. The van der Waals surface area contributed by atoms with E-state index in [2.05, 4.69) is 54.1 Å². The van der Waals surface area contributed by atoms with Crippen molar-refractivity contribution in [2.45, 2.75) is 45.6 Å². The number of nitrogens with one attached hydrogen (secondary N) is 1. The Labute approximate surface area is 128 Å². The first-order valence-corrected chi connectivity index (χ1v) is 8.17. The van der Waals surface area contributed by atoms with Crippen LogP contribution in [-0.2, 0) is 6.42 Å². The number of rotatable bonds is 6. The molecule has 0 radical (unpaired) electrons. The highest BCUT2D eigenvalue weighted by Crippen LogP contribution is 2.22. The molecule has 2 heterocycles. The molecule has 0 spiro atoms. The van der Waals surface area contributed by atoms with Gasteiger partial charge in [0.05, 0.1) is 0 Å². The Morgan fingerprint density at radius 1 is 1.29 bits per heavy atom. The van der Waals surface area contributed by atoms with Crippen LogP contribution in [0, 0.1) is 0 Å². The van der Waals surface area contributed by atoms with Crippen LogP contribution in [0.25, 0.3) is 0 Å². The van der Waals surface area contributed by atoms with E-state index in [0.717, 1.165) is 36.8 Å². The van der Waals surface area contributed by atoms with Crippen molar-refractivity contribution in [3.8, 4) is 0 Å². The normalized spacial score (nSPS) is 17.0. The number of hydrogen-bond donors (Lipinski definition) is 1. The van der Waals surface area contributed by atoms with Gasteiger partial charge in [0, 0.05) is 32.1 Å². The maximum Gasteiger partial charge on any atom is 0.134 e. The van der Waals surface area contributed by atoms with E-state index >= 15 is 0 Å². The third kappa shape index (κ3) is 4.30. The molecule has 5 nitrogen and oxygen atoms in total. The van der Waals surface area contributed by atoms with Crippen LogP contribution < -0.4 is 10.2 Å². The summed E-state index contributed by atoms with van der Waals surface area (Å²) in [5.74, 6) is 2.93. The molecule has 0 unspecified atom stereocenters. The Morgan fingerprint density at radius 3 is 2.62 bits per heavy atom. The van der Waals surface area contributed by atoms with E-state index in [1.807, 2.05) is 0 Å². The number of piperidine rings is 1. The molecule has 1 aliphatic heterocycles. The lowest BCUT2D eigenvalue weighted by Gasteiger charge is -2.35. The van der Waals surface area contributed by atoms with Crippen LogP contribution in [-0.4, -0.2) is 54.6 Å². The van der Waals surface area contributed by atoms with Gasteiger partial charge in [0.1, 0.15) is 17.5 Å². The number of nitrogens with zero attached hydrogens (tertiary/aromatic N) is 4. The van der Waals surface area contributed by atoms with Gasteiger partial charge in [0.2, 0.25) is 0 Å². The Bertz CT molecular complexity index is 440. The number of likely N-dealkylation sites (tertiary alicyclic amines) is 1. The highest BCUT2D eigenvalue weighted by atomic mass is 15.2. The molecule has 118 valence electrons. The molecule has 21 heavy (non-hydrogen) atoms. The zero-order valence-corrected chi connectivity index (χ0v) is 13.9. The largest absolute Gasteiger partial charge is 0.370 e. The first-order valence-electron chi connectivity index (χ1n) is 8.17. The first kappa shape index (κ1) is 16.0. The minimum atomic E-state index is 0.583. The topological polar surface area (TPSA) is 44.3 Å². The summed E-state index contributed by atoms with van der Waals surface area (Å²) in [6.45, 7) is 7.57. The Kier molecular flexibility index (Phi) is 5.79. The Balaban J connectivity index is 2.13. The average Bonchev–Trinajstić information content (AvgIpc) is 2.52. The zero-order chi connectivity index (χ0) is 15.2. The average molecular weight is 291 g/mol. The maximum absolute atomic E-state index is 4.72. The van der Waals surface area contributed by atoms with Crippen molar-refractivity contribution in [1.82, 2.24) is 14.9 Å². The standard InChI is InChI=1S/C16H29N5/c1-5-9-17-15-12-16(19-14(6-2)18-15)21(4)13-7-10-20(3)11-8-13/h12-13H,5-11H2,1-4H3,(H,17,18,19). The molecule has 0 amide bonds. The lowest BCUT2D eigenvalue weighted by Crippen LogP contribution is -2.42. The van der Waals surface area contributed by atoms with Gasteiger partial charge in [-0.3, -0.25) is 0 Å². The lowest BCUT2D eigenvalue weighted by molar-refractivity contribution is 0.252.